The molecule has 0 unspecified atom stereocenters. The minimum atomic E-state index is -0.287. The first-order valence-corrected chi connectivity index (χ1v) is 8.86. The van der Waals surface area contributed by atoms with Crippen LogP contribution < -0.4 is 0 Å². The highest BCUT2D eigenvalue weighted by Crippen LogP contribution is 2.27. The van der Waals surface area contributed by atoms with Gasteiger partial charge in [-0.1, -0.05) is 0 Å². The van der Waals surface area contributed by atoms with Crippen LogP contribution >= 0.6 is 11.8 Å². The number of aromatic nitrogens is 2. The molecule has 7 heteroatoms. The molecule has 2 atom stereocenters. The molecule has 0 N–H and O–H groups in total. The van der Waals surface area contributed by atoms with Crippen LogP contribution in [0.2, 0.25) is 0 Å². The summed E-state index contributed by atoms with van der Waals surface area (Å²) in [7, 11) is 0. The van der Waals surface area contributed by atoms with Gasteiger partial charge in [0.2, 0.25) is 11.8 Å². The number of thioether (sulfide) groups is 1. The van der Waals surface area contributed by atoms with Gasteiger partial charge in [-0.2, -0.15) is 0 Å². The van der Waals surface area contributed by atoms with E-state index in [-0.39, 0.29) is 17.9 Å². The van der Waals surface area contributed by atoms with Gasteiger partial charge in [0.1, 0.15) is 11.9 Å². The van der Waals surface area contributed by atoms with Crippen molar-refractivity contribution < 1.29 is 9.59 Å². The first-order chi connectivity index (χ1) is 10.6. The third-order valence-corrected chi connectivity index (χ3v) is 5.55. The van der Waals surface area contributed by atoms with E-state index in [1.54, 1.807) is 29.8 Å². The molecule has 0 aromatic carbocycles. The van der Waals surface area contributed by atoms with E-state index < -0.39 is 0 Å². The number of hydrogen-bond donors (Lipinski definition) is 0. The van der Waals surface area contributed by atoms with Gasteiger partial charge in [-0.15, -0.1) is 11.8 Å². The van der Waals surface area contributed by atoms with E-state index in [4.69, 9.17) is 0 Å². The lowest BCUT2D eigenvalue weighted by atomic mass is 10.0. The monoisotopic (exact) mass is 322 g/mol. The second kappa shape index (κ2) is 6.32. The lowest BCUT2D eigenvalue weighted by molar-refractivity contribution is -0.143. The fraction of sp³-hybridized carbons (Fsp3) is 0.667. The normalized spacial score (nSPS) is 25.5. The molecule has 0 aliphatic carbocycles. The zero-order chi connectivity index (χ0) is 15.7. The van der Waals surface area contributed by atoms with Crippen molar-refractivity contribution in [2.75, 3.05) is 24.7 Å². The molecular weight excluding hydrogens is 300 g/mol. The molecule has 1 aromatic rings. The quantitative estimate of drug-likeness (QED) is 0.823. The standard InChI is InChI=1S/C15H22N4O2S/c1-11-16-5-7-18(11)13-4-3-6-17(8-13)15(21)14-9-22-10-19(14)12(2)20/h5,7,13-14H,3-4,6,8-10H2,1-2H3/t13-,14-/m1/s1. The maximum absolute atomic E-state index is 12.8. The molecule has 2 amide bonds. The Hall–Kier alpha value is -1.50. The molecule has 22 heavy (non-hydrogen) atoms. The van der Waals surface area contributed by atoms with Gasteiger partial charge in [-0.25, -0.2) is 4.98 Å². The van der Waals surface area contributed by atoms with Crippen molar-refractivity contribution in [2.45, 2.75) is 38.8 Å². The third kappa shape index (κ3) is 2.86. The summed E-state index contributed by atoms with van der Waals surface area (Å²) in [5, 5.41) is 0. The first kappa shape index (κ1) is 15.4. The summed E-state index contributed by atoms with van der Waals surface area (Å²) in [5.41, 5.74) is 0. The Morgan fingerprint density at radius 2 is 2.23 bits per heavy atom. The summed E-state index contributed by atoms with van der Waals surface area (Å²) in [6.07, 6.45) is 5.85. The van der Waals surface area contributed by atoms with Gasteiger partial charge in [-0.3, -0.25) is 9.59 Å². The second-order valence-electron chi connectivity index (χ2n) is 5.97. The van der Waals surface area contributed by atoms with Crippen molar-refractivity contribution in [2.24, 2.45) is 0 Å². The highest BCUT2D eigenvalue weighted by molar-refractivity contribution is 7.99. The number of likely N-dealkylation sites (tertiary alicyclic amines) is 1. The van der Waals surface area contributed by atoms with Crippen molar-refractivity contribution in [1.82, 2.24) is 19.4 Å². The third-order valence-electron chi connectivity index (χ3n) is 4.54. The molecule has 2 aliphatic heterocycles. The highest BCUT2D eigenvalue weighted by atomic mass is 32.2. The van der Waals surface area contributed by atoms with Gasteiger partial charge in [-0.05, 0) is 19.8 Å². The molecule has 0 bridgehead atoms. The molecule has 0 spiro atoms. The van der Waals surface area contributed by atoms with Crippen molar-refractivity contribution in [3.8, 4) is 0 Å². The van der Waals surface area contributed by atoms with Crippen LogP contribution in [-0.4, -0.2) is 61.9 Å². The molecule has 2 aliphatic rings. The Bertz CT molecular complexity index is 574. The van der Waals surface area contributed by atoms with Crippen LogP contribution in [-0.2, 0) is 9.59 Å². The second-order valence-corrected chi connectivity index (χ2v) is 6.97. The van der Waals surface area contributed by atoms with Gasteiger partial charge in [0, 0.05) is 38.2 Å². The zero-order valence-electron chi connectivity index (χ0n) is 13.1. The van der Waals surface area contributed by atoms with Crippen molar-refractivity contribution in [3.63, 3.8) is 0 Å². The summed E-state index contributed by atoms with van der Waals surface area (Å²) >= 11 is 1.65. The lowest BCUT2D eigenvalue weighted by Gasteiger charge is -2.36. The average molecular weight is 322 g/mol. The number of piperidine rings is 1. The van der Waals surface area contributed by atoms with E-state index in [9.17, 15) is 9.59 Å². The van der Waals surface area contributed by atoms with E-state index >= 15 is 0 Å². The van der Waals surface area contributed by atoms with Crippen LogP contribution in [0.1, 0.15) is 31.6 Å². The molecule has 0 radical (unpaired) electrons. The lowest BCUT2D eigenvalue weighted by Crippen LogP contribution is -2.51. The number of nitrogens with zero attached hydrogens (tertiary/aromatic N) is 4. The van der Waals surface area contributed by atoms with Crippen LogP contribution in [0.15, 0.2) is 12.4 Å². The van der Waals surface area contributed by atoms with Crippen LogP contribution in [0.5, 0.6) is 0 Å². The number of rotatable bonds is 2. The fourth-order valence-electron chi connectivity index (χ4n) is 3.32. The summed E-state index contributed by atoms with van der Waals surface area (Å²) in [5.74, 6) is 2.42. The number of imidazole rings is 1. The van der Waals surface area contributed by atoms with Gasteiger partial charge in [0.05, 0.1) is 11.9 Å². The maximum atomic E-state index is 12.8. The summed E-state index contributed by atoms with van der Waals surface area (Å²) < 4.78 is 2.16. The molecule has 6 nitrogen and oxygen atoms in total. The van der Waals surface area contributed by atoms with Gasteiger partial charge in [0.15, 0.2) is 0 Å². The van der Waals surface area contributed by atoms with Gasteiger partial charge in [0.25, 0.3) is 0 Å². The molecule has 0 saturated carbocycles. The Kier molecular flexibility index (Phi) is 4.42. The van der Waals surface area contributed by atoms with Gasteiger partial charge < -0.3 is 14.4 Å². The topological polar surface area (TPSA) is 58.4 Å². The molecule has 120 valence electrons. The highest BCUT2D eigenvalue weighted by Gasteiger charge is 2.37. The zero-order valence-corrected chi connectivity index (χ0v) is 13.9. The Labute approximate surface area is 134 Å². The minimum Gasteiger partial charge on any atom is -0.339 e. The minimum absolute atomic E-state index is 0.0117. The van der Waals surface area contributed by atoms with Crippen molar-refractivity contribution in [1.29, 1.82) is 0 Å². The molecule has 1 aromatic heterocycles. The Morgan fingerprint density at radius 3 is 2.91 bits per heavy atom. The van der Waals surface area contributed by atoms with Crippen LogP contribution in [0.25, 0.3) is 0 Å². The average Bonchev–Trinajstić information content (AvgIpc) is 3.15. The molecule has 3 rings (SSSR count). The van der Waals surface area contributed by atoms with Crippen LogP contribution in [0.4, 0.5) is 0 Å². The van der Waals surface area contributed by atoms with Crippen molar-refractivity contribution >= 4 is 23.6 Å². The summed E-state index contributed by atoms with van der Waals surface area (Å²) in [6.45, 7) is 5.03. The number of amides is 2. The Morgan fingerprint density at radius 1 is 1.41 bits per heavy atom. The van der Waals surface area contributed by atoms with E-state index in [1.165, 1.54) is 0 Å². The van der Waals surface area contributed by atoms with E-state index in [0.717, 1.165) is 25.2 Å². The molecule has 3 heterocycles. The predicted molar refractivity (Wildman–Crippen MR) is 85.4 cm³/mol. The summed E-state index contributed by atoms with van der Waals surface area (Å²) in [4.78, 5) is 32.4. The number of carbonyl (C=O) groups is 2. The molecule has 2 saturated heterocycles. The molecule has 2 fully saturated rings. The van der Waals surface area contributed by atoms with Crippen LogP contribution in [0.3, 0.4) is 0 Å². The number of carbonyl (C=O) groups excluding carboxylic acids is 2. The number of hydrogen-bond acceptors (Lipinski definition) is 4. The van der Waals surface area contributed by atoms with E-state index in [0.29, 0.717) is 24.2 Å². The molecular formula is C15H22N4O2S. The SMILES string of the molecule is CC(=O)N1CSC[C@@H]1C(=O)N1CCC[C@@H](n2ccnc2C)C1. The first-order valence-electron chi connectivity index (χ1n) is 7.71. The Balaban J connectivity index is 1.70. The van der Waals surface area contributed by atoms with Crippen LogP contribution in [0, 0.1) is 6.92 Å². The predicted octanol–water partition coefficient (Wildman–Crippen LogP) is 1.28. The van der Waals surface area contributed by atoms with Crippen molar-refractivity contribution in [3.05, 3.63) is 18.2 Å². The van der Waals surface area contributed by atoms with E-state index in [2.05, 4.69) is 9.55 Å². The van der Waals surface area contributed by atoms with Gasteiger partial charge >= 0.3 is 0 Å². The number of aryl methyl sites for hydroxylation is 1. The van der Waals surface area contributed by atoms with E-state index in [1.807, 2.05) is 18.0 Å². The fourth-order valence-corrected chi connectivity index (χ4v) is 4.53. The smallest absolute Gasteiger partial charge is 0.246 e. The summed E-state index contributed by atoms with van der Waals surface area (Å²) in [6, 6.07) is 0.00479. The largest absolute Gasteiger partial charge is 0.339 e. The maximum Gasteiger partial charge on any atom is 0.246 e.